The van der Waals surface area contributed by atoms with Gasteiger partial charge in [-0.15, -0.1) is 12.3 Å². The molecule has 0 aromatic carbocycles. The molecule has 0 unspecified atom stereocenters. The molecule has 0 radical (unpaired) electrons. The molecule has 0 aliphatic rings. The van der Waals surface area contributed by atoms with Crippen molar-refractivity contribution in [2.75, 3.05) is 6.54 Å². The second-order valence-corrected chi connectivity index (χ2v) is 4.22. The standard InChI is InChI=1S/C12H13BrN2O/c1-2-3-4-5-6-15-12(16)10-7-11(13)9-14-8-10/h1,7-9H,3-6H2,(H,15,16). The van der Waals surface area contributed by atoms with Crippen LogP contribution in [0.15, 0.2) is 22.9 Å². The zero-order chi connectivity index (χ0) is 11.8. The maximum atomic E-state index is 11.6. The van der Waals surface area contributed by atoms with Gasteiger partial charge in [-0.05, 0) is 34.8 Å². The molecule has 0 fully saturated rings. The molecule has 4 heteroatoms. The first kappa shape index (κ1) is 12.7. The Balaban J connectivity index is 2.33. The summed E-state index contributed by atoms with van der Waals surface area (Å²) in [5.41, 5.74) is 0.561. The smallest absolute Gasteiger partial charge is 0.252 e. The first-order valence-electron chi connectivity index (χ1n) is 5.06. The van der Waals surface area contributed by atoms with E-state index in [4.69, 9.17) is 6.42 Å². The van der Waals surface area contributed by atoms with Crippen LogP contribution < -0.4 is 5.32 Å². The number of nitrogens with one attached hydrogen (secondary N) is 1. The summed E-state index contributed by atoms with van der Waals surface area (Å²) in [5, 5.41) is 2.82. The van der Waals surface area contributed by atoms with Crippen LogP contribution in [0.25, 0.3) is 0 Å². The minimum absolute atomic E-state index is 0.102. The normalized spacial score (nSPS) is 9.50. The molecule has 1 aromatic rings. The number of unbranched alkanes of at least 4 members (excludes halogenated alkanes) is 2. The molecule has 0 bridgehead atoms. The Hall–Kier alpha value is -1.34. The molecule has 1 rings (SSSR count). The summed E-state index contributed by atoms with van der Waals surface area (Å²) >= 11 is 3.27. The number of rotatable bonds is 5. The topological polar surface area (TPSA) is 42.0 Å². The van der Waals surface area contributed by atoms with E-state index in [2.05, 4.69) is 32.2 Å². The van der Waals surface area contributed by atoms with Gasteiger partial charge in [0.1, 0.15) is 0 Å². The minimum atomic E-state index is -0.102. The van der Waals surface area contributed by atoms with Crippen LogP contribution in [-0.4, -0.2) is 17.4 Å². The summed E-state index contributed by atoms with van der Waals surface area (Å²) in [6.45, 7) is 0.646. The van der Waals surface area contributed by atoms with E-state index < -0.39 is 0 Å². The van der Waals surface area contributed by atoms with E-state index in [1.165, 1.54) is 0 Å². The molecule has 0 aliphatic carbocycles. The molecule has 84 valence electrons. The second kappa shape index (κ2) is 7.02. The van der Waals surface area contributed by atoms with E-state index in [1.54, 1.807) is 18.5 Å². The lowest BCUT2D eigenvalue weighted by atomic mass is 10.2. The summed E-state index contributed by atoms with van der Waals surface area (Å²) in [6, 6.07) is 1.74. The van der Waals surface area contributed by atoms with Gasteiger partial charge in [-0.3, -0.25) is 9.78 Å². The highest BCUT2D eigenvalue weighted by molar-refractivity contribution is 9.10. The van der Waals surface area contributed by atoms with Crippen molar-refractivity contribution >= 4 is 21.8 Å². The molecular weight excluding hydrogens is 268 g/mol. The Labute approximate surface area is 104 Å². The SMILES string of the molecule is C#CCCCCNC(=O)c1cncc(Br)c1. The predicted molar refractivity (Wildman–Crippen MR) is 67.0 cm³/mol. The highest BCUT2D eigenvalue weighted by atomic mass is 79.9. The Morgan fingerprint density at radius 1 is 1.50 bits per heavy atom. The number of carbonyl (C=O) groups is 1. The van der Waals surface area contributed by atoms with E-state index in [0.29, 0.717) is 12.1 Å². The lowest BCUT2D eigenvalue weighted by Crippen LogP contribution is -2.24. The van der Waals surface area contributed by atoms with Crippen molar-refractivity contribution in [3.63, 3.8) is 0 Å². The highest BCUT2D eigenvalue weighted by Crippen LogP contribution is 2.09. The summed E-state index contributed by atoms with van der Waals surface area (Å²) in [6.07, 6.45) is 10.9. The van der Waals surface area contributed by atoms with Gasteiger partial charge < -0.3 is 5.32 Å². The van der Waals surface area contributed by atoms with Crippen molar-refractivity contribution in [3.05, 3.63) is 28.5 Å². The fraction of sp³-hybridized carbons (Fsp3) is 0.333. The fourth-order valence-electron chi connectivity index (χ4n) is 1.19. The van der Waals surface area contributed by atoms with Crippen molar-refractivity contribution in [2.24, 2.45) is 0 Å². The third kappa shape index (κ3) is 4.45. The van der Waals surface area contributed by atoms with Gasteiger partial charge in [0.15, 0.2) is 0 Å². The maximum absolute atomic E-state index is 11.6. The average molecular weight is 281 g/mol. The molecule has 3 nitrogen and oxygen atoms in total. The molecule has 0 saturated carbocycles. The van der Waals surface area contributed by atoms with Crippen molar-refractivity contribution in [2.45, 2.75) is 19.3 Å². The van der Waals surface area contributed by atoms with Crippen LogP contribution in [0.1, 0.15) is 29.6 Å². The van der Waals surface area contributed by atoms with E-state index in [1.807, 2.05) is 0 Å². The van der Waals surface area contributed by atoms with Crippen LogP contribution in [-0.2, 0) is 0 Å². The summed E-state index contributed by atoms with van der Waals surface area (Å²) in [4.78, 5) is 15.5. The first-order chi connectivity index (χ1) is 7.74. The molecule has 1 heterocycles. The van der Waals surface area contributed by atoms with E-state index in [-0.39, 0.29) is 5.91 Å². The van der Waals surface area contributed by atoms with Crippen LogP contribution >= 0.6 is 15.9 Å². The molecule has 0 saturated heterocycles. The Kier molecular flexibility index (Phi) is 5.58. The van der Waals surface area contributed by atoms with Crippen LogP contribution in [0.2, 0.25) is 0 Å². The van der Waals surface area contributed by atoms with Gasteiger partial charge in [-0.25, -0.2) is 0 Å². The second-order valence-electron chi connectivity index (χ2n) is 3.31. The van der Waals surface area contributed by atoms with Gasteiger partial charge >= 0.3 is 0 Å². The molecule has 16 heavy (non-hydrogen) atoms. The molecule has 1 amide bonds. The van der Waals surface area contributed by atoms with Crippen LogP contribution in [0.4, 0.5) is 0 Å². The van der Waals surface area contributed by atoms with Crippen LogP contribution in [0, 0.1) is 12.3 Å². The third-order valence-electron chi connectivity index (χ3n) is 2.00. The molecule has 0 atom stereocenters. The van der Waals surface area contributed by atoms with E-state index >= 15 is 0 Å². The summed E-state index contributed by atoms with van der Waals surface area (Å²) in [7, 11) is 0. The molecular formula is C12H13BrN2O. The largest absolute Gasteiger partial charge is 0.352 e. The van der Waals surface area contributed by atoms with Crippen LogP contribution in [0.3, 0.4) is 0 Å². The predicted octanol–water partition coefficient (Wildman–Crippen LogP) is 2.38. The number of carbonyl (C=O) groups excluding carboxylic acids is 1. The highest BCUT2D eigenvalue weighted by Gasteiger charge is 2.04. The number of pyridine rings is 1. The zero-order valence-corrected chi connectivity index (χ0v) is 10.5. The summed E-state index contributed by atoms with van der Waals surface area (Å²) < 4.78 is 0.799. The quantitative estimate of drug-likeness (QED) is 0.665. The van der Waals surface area contributed by atoms with Gasteiger partial charge in [-0.2, -0.15) is 0 Å². The number of terminal acetylenes is 1. The van der Waals surface area contributed by atoms with E-state index in [0.717, 1.165) is 23.7 Å². The van der Waals surface area contributed by atoms with Crippen molar-refractivity contribution in [3.8, 4) is 12.3 Å². The van der Waals surface area contributed by atoms with Crippen molar-refractivity contribution < 1.29 is 4.79 Å². The number of halogens is 1. The average Bonchev–Trinajstić information content (AvgIpc) is 2.28. The van der Waals surface area contributed by atoms with Crippen molar-refractivity contribution in [1.29, 1.82) is 0 Å². The number of hydrogen-bond acceptors (Lipinski definition) is 2. The molecule has 0 aliphatic heterocycles. The number of hydrogen-bond donors (Lipinski definition) is 1. The number of nitrogens with zero attached hydrogens (tertiary/aromatic N) is 1. The Bertz CT molecular complexity index is 398. The summed E-state index contributed by atoms with van der Waals surface area (Å²) in [5.74, 6) is 2.46. The van der Waals surface area contributed by atoms with Gasteiger partial charge in [0.25, 0.3) is 5.91 Å². The van der Waals surface area contributed by atoms with Gasteiger partial charge in [-0.1, -0.05) is 0 Å². The Morgan fingerprint density at radius 3 is 3.00 bits per heavy atom. The lowest BCUT2D eigenvalue weighted by Gasteiger charge is -2.04. The molecule has 1 aromatic heterocycles. The van der Waals surface area contributed by atoms with Crippen LogP contribution in [0.5, 0.6) is 0 Å². The molecule has 0 spiro atoms. The van der Waals surface area contributed by atoms with Gasteiger partial charge in [0.05, 0.1) is 5.56 Å². The first-order valence-corrected chi connectivity index (χ1v) is 5.85. The fourth-order valence-corrected chi connectivity index (χ4v) is 1.56. The van der Waals surface area contributed by atoms with Gasteiger partial charge in [0, 0.05) is 29.8 Å². The maximum Gasteiger partial charge on any atom is 0.252 e. The number of aromatic nitrogens is 1. The Morgan fingerprint density at radius 2 is 2.31 bits per heavy atom. The number of amides is 1. The van der Waals surface area contributed by atoms with E-state index in [9.17, 15) is 4.79 Å². The van der Waals surface area contributed by atoms with Gasteiger partial charge in [0.2, 0.25) is 0 Å². The monoisotopic (exact) mass is 280 g/mol. The van der Waals surface area contributed by atoms with Crippen molar-refractivity contribution in [1.82, 2.24) is 10.3 Å². The zero-order valence-electron chi connectivity index (χ0n) is 8.87. The molecule has 1 N–H and O–H groups in total. The minimum Gasteiger partial charge on any atom is -0.352 e. The third-order valence-corrected chi connectivity index (χ3v) is 2.43. The lowest BCUT2D eigenvalue weighted by molar-refractivity contribution is 0.0952.